The molecule has 1 atom stereocenters. The van der Waals surface area contributed by atoms with Gasteiger partial charge < -0.3 is 15.0 Å². The molecule has 34 heavy (non-hydrogen) atoms. The van der Waals surface area contributed by atoms with Gasteiger partial charge in [-0.1, -0.05) is 19.1 Å². The Kier molecular flexibility index (Phi) is 7.63. The van der Waals surface area contributed by atoms with Crippen LogP contribution in [0.2, 0.25) is 0 Å². The van der Waals surface area contributed by atoms with Crippen molar-refractivity contribution in [2.24, 2.45) is 11.8 Å². The van der Waals surface area contributed by atoms with E-state index in [4.69, 9.17) is 4.74 Å². The number of benzene rings is 2. The molecule has 0 bridgehead atoms. The third kappa shape index (κ3) is 5.83. The Morgan fingerprint density at radius 2 is 1.71 bits per heavy atom. The first kappa shape index (κ1) is 24.0. The smallest absolute Gasteiger partial charge is 0.338 e. The topological polar surface area (TPSA) is 79.0 Å². The molecule has 1 N–H and O–H groups in total. The number of hydrogen-bond donors (Lipinski definition) is 1. The Balaban J connectivity index is 1.31. The molecule has 2 amide bonds. The van der Waals surface area contributed by atoms with E-state index in [1.165, 1.54) is 18.4 Å². The maximum Gasteiger partial charge on any atom is 0.338 e. The van der Waals surface area contributed by atoms with Crippen LogP contribution in [0.5, 0.6) is 0 Å². The maximum absolute atomic E-state index is 12.8. The van der Waals surface area contributed by atoms with Crippen LogP contribution in [0, 0.1) is 11.8 Å². The van der Waals surface area contributed by atoms with E-state index in [0.717, 1.165) is 31.2 Å². The van der Waals surface area contributed by atoms with E-state index in [2.05, 4.69) is 29.3 Å². The number of carbonyl (C=O) groups is 3. The summed E-state index contributed by atoms with van der Waals surface area (Å²) < 4.78 is 4.99. The van der Waals surface area contributed by atoms with Crippen LogP contribution < -0.4 is 10.2 Å². The van der Waals surface area contributed by atoms with Crippen molar-refractivity contribution >= 4 is 29.2 Å². The first-order valence-corrected chi connectivity index (χ1v) is 12.1. The number of rotatable bonds is 7. The van der Waals surface area contributed by atoms with Crippen LogP contribution in [0.25, 0.3) is 0 Å². The second kappa shape index (κ2) is 10.8. The summed E-state index contributed by atoms with van der Waals surface area (Å²) in [5.41, 5.74) is 3.08. The molecule has 2 aliphatic heterocycles. The SMILES string of the molecule is CCOC(=O)c1ccc(N2CC(C(=O)Nc3ccc(CN4CCC(C)CC4)cc3)CC2=O)cc1. The summed E-state index contributed by atoms with van der Waals surface area (Å²) in [6.45, 7) is 7.90. The lowest BCUT2D eigenvalue weighted by Crippen LogP contribution is -2.32. The van der Waals surface area contributed by atoms with Crippen molar-refractivity contribution in [1.82, 2.24) is 4.90 Å². The summed E-state index contributed by atoms with van der Waals surface area (Å²) in [6, 6.07) is 14.7. The van der Waals surface area contributed by atoms with Crippen LogP contribution in [0.4, 0.5) is 11.4 Å². The van der Waals surface area contributed by atoms with Crippen LogP contribution in [0.3, 0.4) is 0 Å². The molecule has 0 aliphatic carbocycles. The fourth-order valence-electron chi connectivity index (χ4n) is 4.54. The van der Waals surface area contributed by atoms with E-state index < -0.39 is 11.9 Å². The van der Waals surface area contributed by atoms with Gasteiger partial charge in [0, 0.05) is 30.9 Å². The van der Waals surface area contributed by atoms with Crippen molar-refractivity contribution in [3.8, 4) is 0 Å². The van der Waals surface area contributed by atoms with Crippen molar-refractivity contribution in [2.75, 3.05) is 36.5 Å². The van der Waals surface area contributed by atoms with E-state index in [1.54, 1.807) is 36.1 Å². The largest absolute Gasteiger partial charge is 0.462 e. The number of carbonyl (C=O) groups excluding carboxylic acids is 3. The molecule has 2 saturated heterocycles. The van der Waals surface area contributed by atoms with E-state index >= 15 is 0 Å². The number of piperidine rings is 1. The Hall–Kier alpha value is -3.19. The lowest BCUT2D eigenvalue weighted by Gasteiger charge is -2.30. The van der Waals surface area contributed by atoms with Gasteiger partial charge in [-0.05, 0) is 80.7 Å². The third-order valence-electron chi connectivity index (χ3n) is 6.69. The first-order valence-electron chi connectivity index (χ1n) is 12.1. The Bertz CT molecular complexity index is 1010. The summed E-state index contributed by atoms with van der Waals surface area (Å²) in [4.78, 5) is 41.3. The zero-order chi connectivity index (χ0) is 24.1. The number of amides is 2. The van der Waals surface area contributed by atoms with Crippen molar-refractivity contribution < 1.29 is 19.1 Å². The van der Waals surface area contributed by atoms with Crippen LogP contribution >= 0.6 is 0 Å². The second-order valence-electron chi connectivity index (χ2n) is 9.32. The number of ether oxygens (including phenoxy) is 1. The molecular weight excluding hydrogens is 430 g/mol. The highest BCUT2D eigenvalue weighted by Crippen LogP contribution is 2.27. The maximum atomic E-state index is 12.8. The normalized spacial score (nSPS) is 19.3. The van der Waals surface area contributed by atoms with E-state index in [9.17, 15) is 14.4 Å². The molecule has 0 aromatic heterocycles. The molecule has 2 aromatic rings. The fourth-order valence-corrected chi connectivity index (χ4v) is 4.54. The molecule has 4 rings (SSSR count). The molecule has 0 saturated carbocycles. The Morgan fingerprint density at radius 1 is 1.03 bits per heavy atom. The van der Waals surface area contributed by atoms with Crippen LogP contribution in [-0.4, -0.2) is 48.9 Å². The fraction of sp³-hybridized carbons (Fsp3) is 0.444. The highest BCUT2D eigenvalue weighted by Gasteiger charge is 2.35. The minimum Gasteiger partial charge on any atom is -0.462 e. The Morgan fingerprint density at radius 3 is 2.35 bits per heavy atom. The molecule has 1 unspecified atom stereocenters. The molecule has 2 aliphatic rings. The number of hydrogen-bond acceptors (Lipinski definition) is 5. The summed E-state index contributed by atoms with van der Waals surface area (Å²) in [5.74, 6) is -0.258. The predicted molar refractivity (Wildman–Crippen MR) is 132 cm³/mol. The van der Waals surface area contributed by atoms with Gasteiger partial charge in [0.15, 0.2) is 0 Å². The minimum atomic E-state index is -0.424. The van der Waals surface area contributed by atoms with Gasteiger partial charge in [-0.25, -0.2) is 4.79 Å². The molecule has 2 heterocycles. The first-order chi connectivity index (χ1) is 16.4. The number of esters is 1. The highest BCUT2D eigenvalue weighted by atomic mass is 16.5. The van der Waals surface area contributed by atoms with Crippen LogP contribution in [0.1, 0.15) is 49.0 Å². The number of anilines is 2. The van der Waals surface area contributed by atoms with Crippen molar-refractivity contribution in [3.63, 3.8) is 0 Å². The lowest BCUT2D eigenvalue weighted by atomic mass is 9.99. The van der Waals surface area contributed by atoms with Crippen LogP contribution in [-0.2, 0) is 20.9 Å². The van der Waals surface area contributed by atoms with Gasteiger partial charge in [-0.2, -0.15) is 0 Å². The monoisotopic (exact) mass is 463 g/mol. The summed E-state index contributed by atoms with van der Waals surface area (Å²) in [7, 11) is 0. The number of nitrogens with zero attached hydrogens (tertiary/aromatic N) is 2. The van der Waals surface area contributed by atoms with Gasteiger partial charge in [-0.15, -0.1) is 0 Å². The number of nitrogens with one attached hydrogen (secondary N) is 1. The second-order valence-corrected chi connectivity index (χ2v) is 9.32. The molecule has 0 radical (unpaired) electrons. The number of likely N-dealkylation sites (tertiary alicyclic amines) is 1. The average Bonchev–Trinajstić information content (AvgIpc) is 3.24. The summed E-state index contributed by atoms with van der Waals surface area (Å²) in [5, 5.41) is 2.96. The van der Waals surface area contributed by atoms with Crippen LogP contribution in [0.15, 0.2) is 48.5 Å². The van der Waals surface area contributed by atoms with Gasteiger partial charge in [0.2, 0.25) is 11.8 Å². The molecule has 7 nitrogen and oxygen atoms in total. The highest BCUT2D eigenvalue weighted by molar-refractivity contribution is 6.03. The van der Waals surface area contributed by atoms with Crippen molar-refractivity contribution in [1.29, 1.82) is 0 Å². The standard InChI is InChI=1S/C27H33N3O4/c1-3-34-27(33)21-6-10-24(11-7-21)30-18-22(16-25(30)31)26(32)28-23-8-4-20(5-9-23)17-29-14-12-19(2)13-15-29/h4-11,19,22H,3,12-18H2,1-2H3,(H,28,32). The molecule has 180 valence electrons. The van der Waals surface area contributed by atoms with E-state index in [1.807, 2.05) is 12.1 Å². The predicted octanol–water partition coefficient (Wildman–Crippen LogP) is 4.09. The quantitative estimate of drug-likeness (QED) is 0.626. The zero-order valence-corrected chi connectivity index (χ0v) is 20.0. The average molecular weight is 464 g/mol. The third-order valence-corrected chi connectivity index (χ3v) is 6.69. The molecule has 2 aromatic carbocycles. The molecule has 0 spiro atoms. The molecular formula is C27H33N3O4. The summed E-state index contributed by atoms with van der Waals surface area (Å²) in [6.07, 6.45) is 2.67. The Labute approximate surface area is 201 Å². The van der Waals surface area contributed by atoms with Gasteiger partial charge in [-0.3, -0.25) is 14.5 Å². The van der Waals surface area contributed by atoms with E-state index in [-0.39, 0.29) is 18.2 Å². The van der Waals surface area contributed by atoms with Crippen molar-refractivity contribution in [2.45, 2.75) is 39.7 Å². The van der Waals surface area contributed by atoms with Gasteiger partial charge >= 0.3 is 5.97 Å². The molecule has 7 heteroatoms. The molecule has 2 fully saturated rings. The van der Waals surface area contributed by atoms with Gasteiger partial charge in [0.1, 0.15) is 0 Å². The van der Waals surface area contributed by atoms with Gasteiger partial charge in [0.25, 0.3) is 0 Å². The van der Waals surface area contributed by atoms with E-state index in [0.29, 0.717) is 24.4 Å². The summed E-state index contributed by atoms with van der Waals surface area (Å²) >= 11 is 0. The minimum absolute atomic E-state index is 0.102. The zero-order valence-electron chi connectivity index (χ0n) is 20.0. The van der Waals surface area contributed by atoms with Crippen molar-refractivity contribution in [3.05, 3.63) is 59.7 Å². The lowest BCUT2D eigenvalue weighted by molar-refractivity contribution is -0.122. The van der Waals surface area contributed by atoms with Gasteiger partial charge in [0.05, 0.1) is 18.1 Å².